The number of carbonyl (C=O) groups is 1. The number of oxazole rings is 1. The van der Waals surface area contributed by atoms with Gasteiger partial charge >= 0.3 is 5.97 Å². The van der Waals surface area contributed by atoms with Gasteiger partial charge in [0.1, 0.15) is 5.82 Å². The van der Waals surface area contributed by atoms with Crippen LogP contribution >= 0.6 is 0 Å². The van der Waals surface area contributed by atoms with Crippen LogP contribution in [0.2, 0.25) is 0 Å². The van der Waals surface area contributed by atoms with Crippen LogP contribution in [0.1, 0.15) is 18.7 Å². The Hall–Kier alpha value is -2.21. The third-order valence-electron chi connectivity index (χ3n) is 3.96. The minimum Gasteiger partial charge on any atom is -0.481 e. The van der Waals surface area contributed by atoms with E-state index in [4.69, 9.17) is 9.52 Å². The molecule has 0 amide bonds. The quantitative estimate of drug-likeness (QED) is 0.941. The molecular formula is C16H17FN2O3. The third-order valence-corrected chi connectivity index (χ3v) is 3.96. The molecule has 0 bridgehead atoms. The first-order chi connectivity index (χ1) is 10.6. The summed E-state index contributed by atoms with van der Waals surface area (Å²) in [6.45, 7) is 1.98. The van der Waals surface area contributed by atoms with Gasteiger partial charge in [-0.2, -0.15) is 0 Å². The van der Waals surface area contributed by atoms with Crippen LogP contribution in [0.5, 0.6) is 0 Å². The van der Waals surface area contributed by atoms with Crippen LogP contribution in [0, 0.1) is 11.7 Å². The Morgan fingerprint density at radius 1 is 1.41 bits per heavy atom. The zero-order valence-electron chi connectivity index (χ0n) is 12.0. The van der Waals surface area contributed by atoms with Crippen molar-refractivity contribution < 1.29 is 18.7 Å². The van der Waals surface area contributed by atoms with Crippen LogP contribution in [0.4, 0.5) is 4.39 Å². The SMILES string of the molecule is O=C(O)C1CCN(Cc2ncc(-c3cccc(F)c3)o2)CC1. The number of aromatic nitrogens is 1. The number of piperidine rings is 1. The lowest BCUT2D eigenvalue weighted by molar-refractivity contribution is -0.143. The summed E-state index contributed by atoms with van der Waals surface area (Å²) in [5, 5.41) is 8.99. The molecule has 3 rings (SSSR count). The predicted molar refractivity (Wildman–Crippen MR) is 77.5 cm³/mol. The van der Waals surface area contributed by atoms with E-state index in [1.165, 1.54) is 12.1 Å². The average Bonchev–Trinajstić information content (AvgIpc) is 2.96. The Labute approximate surface area is 127 Å². The number of likely N-dealkylation sites (tertiary alicyclic amines) is 1. The summed E-state index contributed by atoms with van der Waals surface area (Å²) in [7, 11) is 0. The fraction of sp³-hybridized carbons (Fsp3) is 0.375. The molecule has 1 saturated heterocycles. The van der Waals surface area contributed by atoms with Gasteiger partial charge in [0.2, 0.25) is 5.89 Å². The van der Waals surface area contributed by atoms with E-state index in [1.54, 1.807) is 18.3 Å². The summed E-state index contributed by atoms with van der Waals surface area (Å²) in [6, 6.07) is 6.19. The number of hydrogen-bond acceptors (Lipinski definition) is 4. The van der Waals surface area contributed by atoms with E-state index in [0.717, 1.165) is 0 Å². The maximum Gasteiger partial charge on any atom is 0.306 e. The average molecular weight is 304 g/mol. The molecule has 0 spiro atoms. The van der Waals surface area contributed by atoms with Crippen molar-refractivity contribution in [1.82, 2.24) is 9.88 Å². The smallest absolute Gasteiger partial charge is 0.306 e. The minimum atomic E-state index is -0.718. The summed E-state index contributed by atoms with van der Waals surface area (Å²) in [6.07, 6.45) is 2.88. The first-order valence-corrected chi connectivity index (χ1v) is 7.27. The van der Waals surface area contributed by atoms with Crippen LogP contribution in [-0.4, -0.2) is 34.0 Å². The summed E-state index contributed by atoms with van der Waals surface area (Å²) in [5.41, 5.74) is 0.656. The van der Waals surface area contributed by atoms with Gasteiger partial charge < -0.3 is 9.52 Å². The van der Waals surface area contributed by atoms with E-state index >= 15 is 0 Å². The second kappa shape index (κ2) is 6.27. The molecular weight excluding hydrogens is 287 g/mol. The van der Waals surface area contributed by atoms with Crippen molar-refractivity contribution in [2.24, 2.45) is 5.92 Å². The van der Waals surface area contributed by atoms with E-state index in [-0.39, 0.29) is 11.7 Å². The van der Waals surface area contributed by atoms with Crippen molar-refractivity contribution in [2.45, 2.75) is 19.4 Å². The summed E-state index contributed by atoms with van der Waals surface area (Å²) < 4.78 is 18.9. The van der Waals surface area contributed by atoms with E-state index < -0.39 is 5.97 Å². The fourth-order valence-corrected chi connectivity index (χ4v) is 2.69. The largest absolute Gasteiger partial charge is 0.481 e. The predicted octanol–water partition coefficient (Wildman–Crippen LogP) is 2.78. The second-order valence-electron chi connectivity index (χ2n) is 5.52. The van der Waals surface area contributed by atoms with E-state index in [9.17, 15) is 9.18 Å². The van der Waals surface area contributed by atoms with Crippen LogP contribution in [-0.2, 0) is 11.3 Å². The molecule has 0 radical (unpaired) electrons. The van der Waals surface area contributed by atoms with E-state index in [0.29, 0.717) is 49.7 Å². The first kappa shape index (κ1) is 14.7. The zero-order chi connectivity index (χ0) is 15.5. The minimum absolute atomic E-state index is 0.247. The summed E-state index contributed by atoms with van der Waals surface area (Å²) in [4.78, 5) is 17.3. The Bertz CT molecular complexity index is 663. The number of carboxylic acids is 1. The fourth-order valence-electron chi connectivity index (χ4n) is 2.69. The van der Waals surface area contributed by atoms with Gasteiger partial charge in [-0.1, -0.05) is 12.1 Å². The lowest BCUT2D eigenvalue weighted by atomic mass is 9.97. The van der Waals surface area contributed by atoms with Gasteiger partial charge in [0.05, 0.1) is 18.7 Å². The Kier molecular flexibility index (Phi) is 4.20. The molecule has 0 atom stereocenters. The van der Waals surface area contributed by atoms with Gasteiger partial charge in [0.25, 0.3) is 0 Å². The molecule has 1 aromatic carbocycles. The van der Waals surface area contributed by atoms with Crippen LogP contribution < -0.4 is 0 Å². The standard InChI is InChI=1S/C16H17FN2O3/c17-13-3-1-2-12(8-13)14-9-18-15(22-14)10-19-6-4-11(5-7-19)16(20)21/h1-3,8-9,11H,4-7,10H2,(H,20,21). The molecule has 1 aromatic heterocycles. The molecule has 0 unspecified atom stereocenters. The highest BCUT2D eigenvalue weighted by molar-refractivity contribution is 5.70. The molecule has 6 heteroatoms. The molecule has 0 saturated carbocycles. The number of benzene rings is 1. The highest BCUT2D eigenvalue weighted by atomic mass is 19.1. The zero-order valence-corrected chi connectivity index (χ0v) is 12.0. The summed E-state index contributed by atoms with van der Waals surface area (Å²) >= 11 is 0. The monoisotopic (exact) mass is 304 g/mol. The molecule has 22 heavy (non-hydrogen) atoms. The number of aliphatic carboxylic acids is 1. The number of halogens is 1. The number of hydrogen-bond donors (Lipinski definition) is 1. The van der Waals surface area contributed by atoms with E-state index in [1.807, 2.05) is 0 Å². The Morgan fingerprint density at radius 2 is 2.18 bits per heavy atom. The molecule has 0 aliphatic carbocycles. The topological polar surface area (TPSA) is 66.6 Å². The maximum absolute atomic E-state index is 13.2. The molecule has 1 N–H and O–H groups in total. The lowest BCUT2D eigenvalue weighted by Crippen LogP contribution is -2.35. The van der Waals surface area contributed by atoms with Gasteiger partial charge in [0.15, 0.2) is 5.76 Å². The number of rotatable bonds is 4. The van der Waals surface area contributed by atoms with Crippen molar-refractivity contribution in [1.29, 1.82) is 0 Å². The van der Waals surface area contributed by atoms with Gasteiger partial charge in [-0.3, -0.25) is 9.69 Å². The molecule has 2 heterocycles. The van der Waals surface area contributed by atoms with Crippen molar-refractivity contribution in [3.05, 3.63) is 42.2 Å². The van der Waals surface area contributed by atoms with Gasteiger partial charge in [-0.25, -0.2) is 9.37 Å². The molecule has 116 valence electrons. The summed E-state index contributed by atoms with van der Waals surface area (Å²) in [5.74, 6) is -0.179. The van der Waals surface area contributed by atoms with Crippen LogP contribution in [0.25, 0.3) is 11.3 Å². The molecule has 1 aliphatic rings. The van der Waals surface area contributed by atoms with E-state index in [2.05, 4.69) is 9.88 Å². The third kappa shape index (κ3) is 3.33. The van der Waals surface area contributed by atoms with Crippen LogP contribution in [0.3, 0.4) is 0 Å². The van der Waals surface area contributed by atoms with Gasteiger partial charge in [-0.15, -0.1) is 0 Å². The van der Waals surface area contributed by atoms with Crippen molar-refractivity contribution in [3.8, 4) is 11.3 Å². The number of carboxylic acid groups (broad SMARTS) is 1. The molecule has 1 aliphatic heterocycles. The lowest BCUT2D eigenvalue weighted by Gasteiger charge is -2.28. The molecule has 2 aromatic rings. The Morgan fingerprint density at radius 3 is 2.86 bits per heavy atom. The highest BCUT2D eigenvalue weighted by Gasteiger charge is 2.25. The van der Waals surface area contributed by atoms with Crippen molar-refractivity contribution in [3.63, 3.8) is 0 Å². The Balaban J connectivity index is 1.62. The normalized spacial score (nSPS) is 16.8. The van der Waals surface area contributed by atoms with Gasteiger partial charge in [-0.05, 0) is 38.1 Å². The number of nitrogens with zero attached hydrogens (tertiary/aromatic N) is 2. The molecule has 1 fully saturated rings. The highest BCUT2D eigenvalue weighted by Crippen LogP contribution is 2.23. The van der Waals surface area contributed by atoms with Gasteiger partial charge in [0, 0.05) is 5.56 Å². The van der Waals surface area contributed by atoms with Crippen molar-refractivity contribution in [2.75, 3.05) is 13.1 Å². The molecule has 5 nitrogen and oxygen atoms in total. The van der Waals surface area contributed by atoms with Crippen molar-refractivity contribution >= 4 is 5.97 Å². The maximum atomic E-state index is 13.2. The second-order valence-corrected chi connectivity index (χ2v) is 5.52. The van der Waals surface area contributed by atoms with Crippen LogP contribution in [0.15, 0.2) is 34.9 Å². The first-order valence-electron chi connectivity index (χ1n) is 7.27.